The lowest BCUT2D eigenvalue weighted by Gasteiger charge is -2.34. The van der Waals surface area contributed by atoms with Gasteiger partial charge in [0.2, 0.25) is 0 Å². The number of halogens is 1. The van der Waals surface area contributed by atoms with Crippen molar-refractivity contribution in [1.29, 1.82) is 0 Å². The number of rotatable bonds is 7. The maximum atomic E-state index is 10.2. The summed E-state index contributed by atoms with van der Waals surface area (Å²) in [7, 11) is 2.22. The molecule has 0 unspecified atom stereocenters. The van der Waals surface area contributed by atoms with Crippen LogP contribution in [0.3, 0.4) is 0 Å². The van der Waals surface area contributed by atoms with Gasteiger partial charge in [-0.25, -0.2) is 4.98 Å². The Morgan fingerprint density at radius 3 is 2.89 bits per heavy atom. The summed E-state index contributed by atoms with van der Waals surface area (Å²) in [5.74, 6) is 1.09. The maximum Gasteiger partial charge on any atom is 0.172 e. The Kier molecular flexibility index (Phi) is 5.31. The molecule has 2 aromatic heterocycles. The van der Waals surface area contributed by atoms with Gasteiger partial charge in [0.1, 0.15) is 11.6 Å². The molecule has 0 saturated heterocycles. The van der Waals surface area contributed by atoms with Gasteiger partial charge in [-0.05, 0) is 60.9 Å². The summed E-state index contributed by atoms with van der Waals surface area (Å²) in [6.45, 7) is 1.94. The van der Waals surface area contributed by atoms with Crippen molar-refractivity contribution in [3.05, 3.63) is 41.0 Å². The number of nitrogens with one attached hydrogen (secondary N) is 1. The van der Waals surface area contributed by atoms with E-state index < -0.39 is 0 Å². The molecule has 0 atom stereocenters. The van der Waals surface area contributed by atoms with E-state index >= 15 is 0 Å². The summed E-state index contributed by atoms with van der Waals surface area (Å²) in [6, 6.07) is 9.97. The first kappa shape index (κ1) is 18.3. The van der Waals surface area contributed by atoms with Crippen LogP contribution >= 0.6 is 15.9 Å². The van der Waals surface area contributed by atoms with E-state index in [1.807, 2.05) is 24.3 Å². The number of aromatic nitrogens is 3. The monoisotopic (exact) mass is 429 g/mol. The molecular weight excluding hydrogens is 406 g/mol. The van der Waals surface area contributed by atoms with Crippen LogP contribution in [0.2, 0.25) is 0 Å². The number of para-hydroxylation sites is 1. The number of benzene rings is 1. The minimum absolute atomic E-state index is 0.220. The molecular formula is C20H24BrN5O. The fraction of sp³-hybridized carbons (Fsp3) is 0.400. The van der Waals surface area contributed by atoms with Crippen molar-refractivity contribution >= 4 is 27.4 Å². The third kappa shape index (κ3) is 3.80. The molecule has 4 rings (SSSR count). The molecule has 0 radical (unpaired) electrons. The molecule has 0 aliphatic heterocycles. The van der Waals surface area contributed by atoms with E-state index in [9.17, 15) is 5.11 Å². The van der Waals surface area contributed by atoms with E-state index in [0.29, 0.717) is 5.56 Å². The number of aromatic hydroxyl groups is 1. The zero-order valence-electron chi connectivity index (χ0n) is 15.4. The van der Waals surface area contributed by atoms with Crippen LogP contribution in [0.4, 0.5) is 5.82 Å². The molecule has 3 aromatic rings. The van der Waals surface area contributed by atoms with Crippen LogP contribution in [0.1, 0.15) is 25.7 Å². The predicted molar refractivity (Wildman–Crippen MR) is 111 cm³/mol. The molecule has 1 aliphatic rings. The normalized spacial score (nSPS) is 14.6. The SMILES string of the molecule is CN(CCCNc1cc(-c2ccccc2O)nc2c(Br)cnn12)C1CCC1. The van der Waals surface area contributed by atoms with E-state index in [2.05, 4.69) is 43.3 Å². The highest BCUT2D eigenvalue weighted by Crippen LogP contribution is 2.31. The van der Waals surface area contributed by atoms with Crippen LogP contribution in [-0.2, 0) is 0 Å². The summed E-state index contributed by atoms with van der Waals surface area (Å²) in [4.78, 5) is 7.13. The zero-order chi connectivity index (χ0) is 18.8. The lowest BCUT2D eigenvalue weighted by Crippen LogP contribution is -2.38. The van der Waals surface area contributed by atoms with Gasteiger partial charge in [0.25, 0.3) is 0 Å². The first-order chi connectivity index (χ1) is 13.1. The Morgan fingerprint density at radius 2 is 2.15 bits per heavy atom. The lowest BCUT2D eigenvalue weighted by atomic mass is 9.92. The standard InChI is InChI=1S/C20H24BrN5O/c1-25(14-6-4-7-14)11-5-10-22-19-12-17(15-8-2-3-9-18(15)27)24-20-16(21)13-23-26(19)20/h2-3,8-9,12-14,22,27H,4-7,10-11H2,1H3. The van der Waals surface area contributed by atoms with Gasteiger partial charge in [-0.2, -0.15) is 9.61 Å². The molecule has 1 aliphatic carbocycles. The Labute approximate surface area is 167 Å². The highest BCUT2D eigenvalue weighted by Gasteiger charge is 2.21. The van der Waals surface area contributed by atoms with Gasteiger partial charge >= 0.3 is 0 Å². The first-order valence-corrected chi connectivity index (χ1v) is 10.2. The summed E-state index contributed by atoms with van der Waals surface area (Å²) in [6.07, 6.45) is 6.84. The summed E-state index contributed by atoms with van der Waals surface area (Å²) in [5, 5.41) is 18.1. The molecule has 1 saturated carbocycles. The summed E-state index contributed by atoms with van der Waals surface area (Å²) < 4.78 is 2.62. The minimum atomic E-state index is 0.220. The van der Waals surface area contributed by atoms with Crippen LogP contribution < -0.4 is 5.32 Å². The number of phenolic OH excluding ortho intramolecular Hbond substituents is 1. The maximum absolute atomic E-state index is 10.2. The van der Waals surface area contributed by atoms with Gasteiger partial charge < -0.3 is 15.3 Å². The van der Waals surface area contributed by atoms with E-state index in [0.717, 1.165) is 47.2 Å². The first-order valence-electron chi connectivity index (χ1n) is 9.40. The summed E-state index contributed by atoms with van der Waals surface area (Å²) >= 11 is 3.51. The smallest absolute Gasteiger partial charge is 0.172 e. The van der Waals surface area contributed by atoms with Gasteiger partial charge in [-0.1, -0.05) is 18.6 Å². The van der Waals surface area contributed by atoms with E-state index in [1.165, 1.54) is 19.3 Å². The lowest BCUT2D eigenvalue weighted by molar-refractivity contribution is 0.159. The Hall–Kier alpha value is -2.12. The van der Waals surface area contributed by atoms with Crippen LogP contribution in [0.5, 0.6) is 5.75 Å². The topological polar surface area (TPSA) is 65.7 Å². The summed E-state index contributed by atoms with van der Waals surface area (Å²) in [5.41, 5.74) is 2.15. The van der Waals surface area contributed by atoms with Crippen molar-refractivity contribution < 1.29 is 5.11 Å². The Bertz CT molecular complexity index is 937. The molecule has 1 aromatic carbocycles. The third-order valence-electron chi connectivity index (χ3n) is 5.30. The molecule has 0 amide bonds. The number of hydrogen-bond donors (Lipinski definition) is 2. The highest BCUT2D eigenvalue weighted by molar-refractivity contribution is 9.10. The molecule has 0 spiro atoms. The molecule has 6 nitrogen and oxygen atoms in total. The predicted octanol–water partition coefficient (Wildman–Crippen LogP) is 4.15. The quantitative estimate of drug-likeness (QED) is 0.552. The van der Waals surface area contributed by atoms with Crippen molar-refractivity contribution in [2.45, 2.75) is 31.7 Å². The van der Waals surface area contributed by atoms with Gasteiger partial charge in [-0.15, -0.1) is 0 Å². The second kappa shape index (κ2) is 7.86. The molecule has 2 heterocycles. The number of fused-ring (bicyclic) bond motifs is 1. The molecule has 1 fully saturated rings. The third-order valence-corrected chi connectivity index (χ3v) is 5.86. The van der Waals surface area contributed by atoms with Crippen LogP contribution in [0.25, 0.3) is 16.9 Å². The number of nitrogens with zero attached hydrogens (tertiary/aromatic N) is 4. The van der Waals surface area contributed by atoms with E-state index in [1.54, 1.807) is 16.8 Å². The molecule has 27 heavy (non-hydrogen) atoms. The van der Waals surface area contributed by atoms with Crippen LogP contribution in [0, 0.1) is 0 Å². The minimum Gasteiger partial charge on any atom is -0.507 e. The zero-order valence-corrected chi connectivity index (χ0v) is 17.0. The van der Waals surface area contributed by atoms with Gasteiger partial charge in [-0.3, -0.25) is 0 Å². The number of phenols is 1. The molecule has 7 heteroatoms. The number of hydrogen-bond acceptors (Lipinski definition) is 5. The average molecular weight is 430 g/mol. The average Bonchev–Trinajstić information content (AvgIpc) is 2.99. The van der Waals surface area contributed by atoms with Gasteiger partial charge in [0, 0.05) is 24.2 Å². The molecule has 2 N–H and O–H groups in total. The van der Waals surface area contributed by atoms with Gasteiger partial charge in [0.15, 0.2) is 5.65 Å². The Morgan fingerprint density at radius 1 is 1.33 bits per heavy atom. The molecule has 0 bridgehead atoms. The second-order valence-electron chi connectivity index (χ2n) is 7.12. The Balaban J connectivity index is 1.53. The van der Waals surface area contributed by atoms with Crippen molar-refractivity contribution in [3.8, 4) is 17.0 Å². The number of anilines is 1. The van der Waals surface area contributed by atoms with Crippen LogP contribution in [-0.4, -0.2) is 50.8 Å². The fourth-order valence-electron chi connectivity index (χ4n) is 3.45. The van der Waals surface area contributed by atoms with Crippen molar-refractivity contribution in [1.82, 2.24) is 19.5 Å². The fourth-order valence-corrected chi connectivity index (χ4v) is 3.79. The van der Waals surface area contributed by atoms with Crippen LogP contribution in [0.15, 0.2) is 41.0 Å². The van der Waals surface area contributed by atoms with E-state index in [4.69, 9.17) is 0 Å². The van der Waals surface area contributed by atoms with Crippen molar-refractivity contribution in [3.63, 3.8) is 0 Å². The second-order valence-corrected chi connectivity index (χ2v) is 7.97. The van der Waals surface area contributed by atoms with Crippen molar-refractivity contribution in [2.75, 3.05) is 25.5 Å². The molecule has 142 valence electrons. The van der Waals surface area contributed by atoms with E-state index in [-0.39, 0.29) is 5.75 Å². The van der Waals surface area contributed by atoms with Crippen molar-refractivity contribution in [2.24, 2.45) is 0 Å². The highest BCUT2D eigenvalue weighted by atomic mass is 79.9. The van der Waals surface area contributed by atoms with Gasteiger partial charge in [0.05, 0.1) is 16.4 Å². The largest absolute Gasteiger partial charge is 0.507 e.